The summed E-state index contributed by atoms with van der Waals surface area (Å²) in [6.07, 6.45) is 1.32. The Balaban J connectivity index is 2.09. The molecule has 0 amide bonds. The van der Waals surface area contributed by atoms with Crippen molar-refractivity contribution < 1.29 is 23.1 Å². The minimum atomic E-state index is -3.45. The van der Waals surface area contributed by atoms with Gasteiger partial charge in [0.05, 0.1) is 33.9 Å². The fourth-order valence-corrected chi connectivity index (χ4v) is 4.21. The number of phenols is 1. The number of carbonyl (C=O) groups is 1. The van der Waals surface area contributed by atoms with Crippen molar-refractivity contribution >= 4 is 48.9 Å². The van der Waals surface area contributed by atoms with Gasteiger partial charge < -0.3 is 15.2 Å². The predicted octanol–water partition coefficient (Wildman–Crippen LogP) is 3.11. The molecule has 2 heterocycles. The van der Waals surface area contributed by atoms with E-state index in [9.17, 15) is 18.3 Å². The van der Waals surface area contributed by atoms with Gasteiger partial charge in [-0.25, -0.2) is 23.2 Å². The number of phenolic OH excluding ortho intramolecular Hbond substituents is 1. The molecule has 0 atom stereocenters. The van der Waals surface area contributed by atoms with Gasteiger partial charge in [-0.05, 0) is 25.1 Å². The molecule has 8 nitrogen and oxygen atoms in total. The van der Waals surface area contributed by atoms with Crippen molar-refractivity contribution in [1.82, 2.24) is 9.97 Å². The van der Waals surface area contributed by atoms with E-state index in [0.717, 1.165) is 0 Å². The number of nitrogens with one attached hydrogen (secondary N) is 1. The number of benzene rings is 1. The lowest BCUT2D eigenvalue weighted by Gasteiger charge is -2.11. The lowest BCUT2D eigenvalue weighted by molar-refractivity contribution is 0.0529. The van der Waals surface area contributed by atoms with Crippen LogP contribution in [0.4, 0.5) is 11.5 Å². The Hall–Kier alpha value is -2.72. The Labute approximate surface area is 159 Å². The number of aromatic hydroxyl groups is 1. The molecule has 0 aliphatic heterocycles. The third kappa shape index (κ3) is 3.71. The van der Waals surface area contributed by atoms with Gasteiger partial charge in [0.25, 0.3) is 0 Å². The van der Waals surface area contributed by atoms with Crippen LogP contribution in [0.5, 0.6) is 5.75 Å². The lowest BCUT2D eigenvalue weighted by atomic mass is 10.2. The maximum Gasteiger partial charge on any atom is 0.339 e. The van der Waals surface area contributed by atoms with Crippen molar-refractivity contribution in [3.63, 3.8) is 0 Å². The molecule has 0 unspecified atom stereocenters. The Morgan fingerprint density at radius 1 is 1.30 bits per heavy atom. The fraction of sp³-hybridized carbons (Fsp3) is 0.235. The number of anilines is 2. The molecule has 142 valence electrons. The standard InChI is InChI=1S/C17H17N3O5S2/c1-3-25-17(22)11-8-26-16-14(11)15(18-9-19-16)20-12-7-10(5-6-13(12)21)27(23,24)4-2/h5-9,21H,3-4H2,1-2H3,(H,18,19,20). The van der Waals surface area contributed by atoms with Gasteiger partial charge in [0.1, 0.15) is 22.7 Å². The summed E-state index contributed by atoms with van der Waals surface area (Å²) in [7, 11) is -3.45. The molecule has 3 aromatic rings. The number of nitrogens with zero attached hydrogens (tertiary/aromatic N) is 2. The van der Waals surface area contributed by atoms with Gasteiger partial charge in [-0.15, -0.1) is 11.3 Å². The number of carbonyl (C=O) groups excluding carboxylic acids is 1. The molecule has 0 fully saturated rings. The minimum absolute atomic E-state index is 0.0630. The van der Waals surface area contributed by atoms with Crippen molar-refractivity contribution in [2.24, 2.45) is 0 Å². The van der Waals surface area contributed by atoms with Gasteiger partial charge in [0.2, 0.25) is 0 Å². The molecule has 3 rings (SSSR count). The molecule has 0 saturated heterocycles. The second-order valence-electron chi connectivity index (χ2n) is 5.48. The Morgan fingerprint density at radius 2 is 2.07 bits per heavy atom. The molecule has 0 aliphatic carbocycles. The number of thiophene rings is 1. The van der Waals surface area contributed by atoms with E-state index in [2.05, 4.69) is 15.3 Å². The van der Waals surface area contributed by atoms with Gasteiger partial charge in [0.15, 0.2) is 9.84 Å². The number of fused-ring (bicyclic) bond motifs is 1. The summed E-state index contributed by atoms with van der Waals surface area (Å²) >= 11 is 1.26. The van der Waals surface area contributed by atoms with E-state index >= 15 is 0 Å². The number of aromatic nitrogens is 2. The van der Waals surface area contributed by atoms with Crippen LogP contribution in [0, 0.1) is 0 Å². The first-order valence-electron chi connectivity index (χ1n) is 8.09. The zero-order chi connectivity index (χ0) is 19.6. The van der Waals surface area contributed by atoms with E-state index in [0.29, 0.717) is 15.8 Å². The molecule has 27 heavy (non-hydrogen) atoms. The number of rotatable bonds is 6. The van der Waals surface area contributed by atoms with Crippen LogP contribution in [0.1, 0.15) is 24.2 Å². The Morgan fingerprint density at radius 3 is 2.78 bits per heavy atom. The summed E-state index contributed by atoms with van der Waals surface area (Å²) in [6.45, 7) is 3.48. The molecule has 0 radical (unpaired) electrons. The molecule has 1 aromatic carbocycles. The zero-order valence-corrected chi connectivity index (χ0v) is 16.2. The number of ether oxygens (including phenoxy) is 1. The van der Waals surface area contributed by atoms with Crippen molar-refractivity contribution in [2.45, 2.75) is 18.7 Å². The summed E-state index contributed by atoms with van der Waals surface area (Å²) in [6, 6.07) is 3.96. The van der Waals surface area contributed by atoms with Crippen LogP contribution >= 0.6 is 11.3 Å². The Kier molecular flexibility index (Phi) is 5.29. The Bertz CT molecular complexity index is 1110. The average molecular weight is 407 g/mol. The van der Waals surface area contributed by atoms with Crippen LogP contribution in [-0.2, 0) is 14.6 Å². The maximum atomic E-state index is 12.2. The second-order valence-corrected chi connectivity index (χ2v) is 8.62. The monoisotopic (exact) mass is 407 g/mol. The van der Waals surface area contributed by atoms with Crippen LogP contribution in [0.25, 0.3) is 10.2 Å². The highest BCUT2D eigenvalue weighted by atomic mass is 32.2. The average Bonchev–Trinajstić information content (AvgIpc) is 3.09. The molecule has 0 saturated carbocycles. The highest BCUT2D eigenvalue weighted by Gasteiger charge is 2.20. The van der Waals surface area contributed by atoms with Crippen LogP contribution < -0.4 is 5.32 Å². The van der Waals surface area contributed by atoms with Gasteiger partial charge in [-0.1, -0.05) is 6.92 Å². The second kappa shape index (κ2) is 7.49. The number of esters is 1. The van der Waals surface area contributed by atoms with Crippen molar-refractivity contribution in [1.29, 1.82) is 0 Å². The molecule has 2 N–H and O–H groups in total. The summed E-state index contributed by atoms with van der Waals surface area (Å²) in [4.78, 5) is 21.1. The largest absolute Gasteiger partial charge is 0.506 e. The van der Waals surface area contributed by atoms with Crippen LogP contribution in [0.2, 0.25) is 0 Å². The van der Waals surface area contributed by atoms with Crippen molar-refractivity contribution in [3.05, 3.63) is 35.5 Å². The normalized spacial score (nSPS) is 11.5. The minimum Gasteiger partial charge on any atom is -0.506 e. The predicted molar refractivity (Wildman–Crippen MR) is 102 cm³/mol. The SMILES string of the molecule is CCOC(=O)c1csc2ncnc(Nc3cc(S(=O)(=O)CC)ccc3O)c12. The van der Waals surface area contributed by atoms with E-state index in [4.69, 9.17) is 4.74 Å². The quantitative estimate of drug-likeness (QED) is 0.473. The molecule has 0 bridgehead atoms. The first-order chi connectivity index (χ1) is 12.9. The summed E-state index contributed by atoms with van der Waals surface area (Å²) in [5, 5.41) is 15.1. The number of hydrogen-bond acceptors (Lipinski definition) is 9. The van der Waals surface area contributed by atoms with E-state index in [1.807, 2.05) is 0 Å². The van der Waals surface area contributed by atoms with Crippen LogP contribution in [0.15, 0.2) is 34.8 Å². The van der Waals surface area contributed by atoms with Gasteiger partial charge >= 0.3 is 5.97 Å². The van der Waals surface area contributed by atoms with E-state index in [-0.39, 0.29) is 34.5 Å². The third-order valence-corrected chi connectivity index (χ3v) is 6.44. The fourth-order valence-electron chi connectivity index (χ4n) is 2.43. The molecular weight excluding hydrogens is 390 g/mol. The van der Waals surface area contributed by atoms with Crippen molar-refractivity contribution in [2.75, 3.05) is 17.7 Å². The van der Waals surface area contributed by atoms with Gasteiger partial charge in [0, 0.05) is 5.38 Å². The summed E-state index contributed by atoms with van der Waals surface area (Å²) in [5.41, 5.74) is 0.460. The molecular formula is C17H17N3O5S2. The summed E-state index contributed by atoms with van der Waals surface area (Å²) in [5.74, 6) is -0.449. The third-order valence-electron chi connectivity index (χ3n) is 3.83. The zero-order valence-electron chi connectivity index (χ0n) is 14.6. The highest BCUT2D eigenvalue weighted by molar-refractivity contribution is 7.91. The molecule has 10 heteroatoms. The van der Waals surface area contributed by atoms with Gasteiger partial charge in [-0.2, -0.15) is 0 Å². The number of sulfone groups is 1. The van der Waals surface area contributed by atoms with Gasteiger partial charge in [-0.3, -0.25) is 0 Å². The molecule has 0 aliphatic rings. The maximum absolute atomic E-state index is 12.2. The molecule has 0 spiro atoms. The summed E-state index contributed by atoms with van der Waals surface area (Å²) < 4.78 is 29.3. The number of hydrogen-bond donors (Lipinski definition) is 2. The van der Waals surface area contributed by atoms with Crippen LogP contribution in [-0.4, -0.2) is 41.8 Å². The first kappa shape index (κ1) is 19.1. The molecule has 2 aromatic heterocycles. The highest BCUT2D eigenvalue weighted by Crippen LogP contribution is 2.34. The lowest BCUT2D eigenvalue weighted by Crippen LogP contribution is -2.06. The van der Waals surface area contributed by atoms with Crippen molar-refractivity contribution in [3.8, 4) is 5.75 Å². The first-order valence-corrected chi connectivity index (χ1v) is 10.6. The van der Waals surface area contributed by atoms with Crippen LogP contribution in [0.3, 0.4) is 0 Å². The van der Waals surface area contributed by atoms with E-state index < -0.39 is 15.8 Å². The van der Waals surface area contributed by atoms with E-state index in [1.54, 1.807) is 19.2 Å². The smallest absolute Gasteiger partial charge is 0.339 e. The van der Waals surface area contributed by atoms with E-state index in [1.165, 1.54) is 35.9 Å². The topological polar surface area (TPSA) is 118 Å².